The van der Waals surface area contributed by atoms with Gasteiger partial charge in [0.15, 0.2) is 0 Å². The molecule has 0 amide bonds. The van der Waals surface area contributed by atoms with E-state index in [0.29, 0.717) is 13.1 Å². The second-order valence-electron chi connectivity index (χ2n) is 5.70. The fraction of sp³-hybridized carbons (Fsp3) is 0.438. The van der Waals surface area contributed by atoms with E-state index in [1.54, 1.807) is 0 Å². The Hall–Kier alpha value is -1.41. The van der Waals surface area contributed by atoms with Gasteiger partial charge in [0.25, 0.3) is 0 Å². The van der Waals surface area contributed by atoms with Crippen LogP contribution in [-0.4, -0.2) is 50.6 Å². The van der Waals surface area contributed by atoms with E-state index in [2.05, 4.69) is 6.58 Å². The molecule has 0 radical (unpaired) electrons. The molecule has 0 bridgehead atoms. The highest BCUT2D eigenvalue weighted by atomic mass is 35.5. The summed E-state index contributed by atoms with van der Waals surface area (Å²) >= 11 is 5.54. The molecule has 1 aromatic rings. The summed E-state index contributed by atoms with van der Waals surface area (Å²) in [6.45, 7) is 7.60. The second-order valence-corrected chi connectivity index (χ2v) is 8.17. The number of rotatable bonds is 5. The summed E-state index contributed by atoms with van der Waals surface area (Å²) < 4.78 is 37.3. The smallest absolute Gasteiger partial charge is 0.338 e. The monoisotopic (exact) mass is 373 g/mol. The van der Waals surface area contributed by atoms with Crippen LogP contribution in [0.1, 0.15) is 24.2 Å². The third-order valence-electron chi connectivity index (χ3n) is 3.47. The fourth-order valence-corrected chi connectivity index (χ4v) is 4.11. The average molecular weight is 374 g/mol. The molecule has 1 heterocycles. The lowest BCUT2D eigenvalue weighted by Gasteiger charge is -2.34. The van der Waals surface area contributed by atoms with Crippen molar-refractivity contribution in [2.24, 2.45) is 0 Å². The van der Waals surface area contributed by atoms with Crippen molar-refractivity contribution in [2.45, 2.75) is 31.0 Å². The van der Waals surface area contributed by atoms with Gasteiger partial charge in [-0.25, -0.2) is 13.2 Å². The molecule has 0 N–H and O–H groups in total. The zero-order valence-electron chi connectivity index (χ0n) is 13.6. The summed E-state index contributed by atoms with van der Waals surface area (Å²) in [7, 11) is -3.63. The summed E-state index contributed by atoms with van der Waals surface area (Å²) in [5.74, 6) is -0.589. The first kappa shape index (κ1) is 18.9. The minimum absolute atomic E-state index is 0.0933. The first-order chi connectivity index (χ1) is 11.2. The van der Waals surface area contributed by atoms with Crippen LogP contribution < -0.4 is 0 Å². The third-order valence-corrected chi connectivity index (χ3v) is 5.43. The number of carbonyl (C=O) groups excluding carboxylic acids is 1. The Bertz CT molecular complexity index is 706. The molecular formula is C16H20ClNO5S. The fourth-order valence-electron chi connectivity index (χ4n) is 2.47. The summed E-state index contributed by atoms with van der Waals surface area (Å²) in [6, 6.07) is 5.62. The molecule has 1 saturated heterocycles. The van der Waals surface area contributed by atoms with Crippen LogP contribution in [0.5, 0.6) is 0 Å². The lowest BCUT2D eigenvalue weighted by Crippen LogP contribution is -2.48. The van der Waals surface area contributed by atoms with Crippen LogP contribution in [0, 0.1) is 0 Å². The topological polar surface area (TPSA) is 72.9 Å². The van der Waals surface area contributed by atoms with E-state index in [1.165, 1.54) is 28.6 Å². The molecule has 0 aliphatic carbocycles. The second kappa shape index (κ2) is 7.65. The number of morpholine rings is 1. The van der Waals surface area contributed by atoms with Crippen molar-refractivity contribution in [3.05, 3.63) is 41.4 Å². The Balaban J connectivity index is 2.14. The van der Waals surface area contributed by atoms with Gasteiger partial charge in [0.1, 0.15) is 6.61 Å². The van der Waals surface area contributed by atoms with E-state index < -0.39 is 16.0 Å². The number of ether oxygens (including phenoxy) is 2. The lowest BCUT2D eigenvalue weighted by molar-refractivity contribution is -0.0440. The first-order valence-electron chi connectivity index (χ1n) is 7.46. The number of hydrogen-bond donors (Lipinski definition) is 0. The Morgan fingerprint density at radius 2 is 1.83 bits per heavy atom. The number of esters is 1. The number of hydrogen-bond acceptors (Lipinski definition) is 5. The molecule has 2 unspecified atom stereocenters. The maximum absolute atomic E-state index is 12.7. The summed E-state index contributed by atoms with van der Waals surface area (Å²) in [6.07, 6.45) is -0.331. The number of carbonyl (C=O) groups is 1. The van der Waals surface area contributed by atoms with Crippen molar-refractivity contribution >= 4 is 27.6 Å². The van der Waals surface area contributed by atoms with Crippen molar-refractivity contribution < 1.29 is 22.7 Å². The first-order valence-corrected chi connectivity index (χ1v) is 9.28. The van der Waals surface area contributed by atoms with E-state index in [9.17, 15) is 13.2 Å². The Morgan fingerprint density at radius 1 is 1.29 bits per heavy atom. The Kier molecular flexibility index (Phi) is 6.03. The Morgan fingerprint density at radius 3 is 2.33 bits per heavy atom. The SMILES string of the molecule is C=C(Cl)COC(=O)c1ccc(S(=O)(=O)N2CC(C)OC(C)C2)cc1. The highest BCUT2D eigenvalue weighted by Crippen LogP contribution is 2.21. The van der Waals surface area contributed by atoms with Crippen LogP contribution in [-0.2, 0) is 19.5 Å². The maximum atomic E-state index is 12.7. The van der Waals surface area contributed by atoms with Crippen molar-refractivity contribution in [3.63, 3.8) is 0 Å². The van der Waals surface area contributed by atoms with E-state index in [0.717, 1.165) is 0 Å². The highest BCUT2D eigenvalue weighted by molar-refractivity contribution is 7.89. The van der Waals surface area contributed by atoms with Gasteiger partial charge in [-0.05, 0) is 38.1 Å². The minimum Gasteiger partial charge on any atom is -0.456 e. The zero-order chi connectivity index (χ0) is 17.9. The lowest BCUT2D eigenvalue weighted by atomic mass is 10.2. The van der Waals surface area contributed by atoms with Crippen molar-refractivity contribution in [2.75, 3.05) is 19.7 Å². The van der Waals surface area contributed by atoms with Gasteiger partial charge in [0.05, 0.1) is 22.7 Å². The van der Waals surface area contributed by atoms with Crippen molar-refractivity contribution in [1.82, 2.24) is 4.31 Å². The van der Waals surface area contributed by atoms with Gasteiger partial charge in [-0.15, -0.1) is 0 Å². The predicted molar refractivity (Wildman–Crippen MR) is 90.5 cm³/mol. The molecule has 0 aromatic heterocycles. The Labute approximate surface area is 147 Å². The van der Waals surface area contributed by atoms with E-state index >= 15 is 0 Å². The molecule has 0 spiro atoms. The van der Waals surface area contributed by atoms with Crippen LogP contribution in [0.3, 0.4) is 0 Å². The molecular weight excluding hydrogens is 354 g/mol. The van der Waals surface area contributed by atoms with Crippen molar-refractivity contribution in [1.29, 1.82) is 0 Å². The quantitative estimate of drug-likeness (QED) is 0.741. The largest absolute Gasteiger partial charge is 0.456 e. The standard InChI is InChI=1S/C16H20ClNO5S/c1-11(17)10-22-16(19)14-4-6-15(7-5-14)24(20,21)18-8-12(2)23-13(3)9-18/h4-7,12-13H,1,8-10H2,2-3H3. The van der Waals surface area contributed by atoms with Gasteiger partial charge in [0, 0.05) is 18.1 Å². The van der Waals surface area contributed by atoms with Gasteiger partial charge < -0.3 is 9.47 Å². The van der Waals surface area contributed by atoms with Crippen LogP contribution in [0.2, 0.25) is 0 Å². The highest BCUT2D eigenvalue weighted by Gasteiger charge is 2.32. The molecule has 1 aliphatic rings. The van der Waals surface area contributed by atoms with Gasteiger partial charge in [0.2, 0.25) is 10.0 Å². The zero-order valence-corrected chi connectivity index (χ0v) is 15.1. The van der Waals surface area contributed by atoms with Gasteiger partial charge in [-0.1, -0.05) is 18.2 Å². The van der Waals surface area contributed by atoms with Crippen LogP contribution >= 0.6 is 11.6 Å². The van der Waals surface area contributed by atoms with Crippen molar-refractivity contribution in [3.8, 4) is 0 Å². The molecule has 132 valence electrons. The molecule has 1 aromatic carbocycles. The molecule has 0 saturated carbocycles. The van der Waals surface area contributed by atoms with E-state index in [4.69, 9.17) is 21.1 Å². The van der Waals surface area contributed by atoms with Crippen LogP contribution in [0.25, 0.3) is 0 Å². The average Bonchev–Trinajstić information content (AvgIpc) is 2.51. The molecule has 2 atom stereocenters. The number of sulfonamides is 1. The number of nitrogens with zero attached hydrogens (tertiary/aromatic N) is 1. The predicted octanol–water partition coefficient (Wildman–Crippen LogP) is 2.39. The van der Waals surface area contributed by atoms with Gasteiger partial charge in [-0.2, -0.15) is 4.31 Å². The van der Waals surface area contributed by atoms with E-state index in [-0.39, 0.29) is 34.3 Å². The van der Waals surface area contributed by atoms with Crippen LogP contribution in [0.4, 0.5) is 0 Å². The summed E-state index contributed by atoms with van der Waals surface area (Å²) in [5.41, 5.74) is 0.246. The molecule has 8 heteroatoms. The number of benzene rings is 1. The van der Waals surface area contributed by atoms with Gasteiger partial charge in [-0.3, -0.25) is 0 Å². The molecule has 24 heavy (non-hydrogen) atoms. The maximum Gasteiger partial charge on any atom is 0.338 e. The normalized spacial score (nSPS) is 22.1. The summed E-state index contributed by atoms with van der Waals surface area (Å²) in [4.78, 5) is 11.9. The number of halogens is 1. The van der Waals surface area contributed by atoms with Crippen LogP contribution in [0.15, 0.2) is 40.8 Å². The molecule has 1 fully saturated rings. The third kappa shape index (κ3) is 4.57. The molecule has 1 aliphatic heterocycles. The molecule has 6 nitrogen and oxygen atoms in total. The molecule has 2 rings (SSSR count). The minimum atomic E-state index is -3.63. The van der Waals surface area contributed by atoms with Gasteiger partial charge >= 0.3 is 5.97 Å². The van der Waals surface area contributed by atoms with E-state index in [1.807, 2.05) is 13.8 Å². The summed E-state index contributed by atoms with van der Waals surface area (Å²) in [5, 5.41) is 0.207.